The van der Waals surface area contributed by atoms with Crippen molar-refractivity contribution in [3.05, 3.63) is 0 Å². The molecule has 0 aliphatic rings. The molecule has 0 aliphatic heterocycles. The lowest BCUT2D eigenvalue weighted by Gasteiger charge is -2.15. The van der Waals surface area contributed by atoms with Crippen LogP contribution in [0.5, 0.6) is 0 Å². The van der Waals surface area contributed by atoms with Gasteiger partial charge in [0.2, 0.25) is 0 Å². The first-order valence-corrected chi connectivity index (χ1v) is 6.99. The molecule has 1 heteroatoms. The van der Waals surface area contributed by atoms with Gasteiger partial charge in [-0.2, -0.15) is 0 Å². The summed E-state index contributed by atoms with van der Waals surface area (Å²) in [5, 5.41) is 0. The Morgan fingerprint density at radius 2 is 1.00 bits per heavy atom. The maximum absolute atomic E-state index is 2.50. The van der Waals surface area contributed by atoms with E-state index in [2.05, 4.69) is 25.8 Å². The first kappa shape index (κ1) is 15.0. The van der Waals surface area contributed by atoms with Gasteiger partial charge in [-0.25, -0.2) is 0 Å². The molecule has 0 amide bonds. The van der Waals surface area contributed by atoms with Gasteiger partial charge in [0.25, 0.3) is 0 Å². The minimum Gasteiger partial charge on any atom is -0.306 e. The van der Waals surface area contributed by atoms with Gasteiger partial charge in [0.05, 0.1) is 0 Å². The maximum Gasteiger partial charge on any atom is -0.00218 e. The summed E-state index contributed by atoms with van der Waals surface area (Å²) in [5.74, 6) is 0. The van der Waals surface area contributed by atoms with Gasteiger partial charge in [-0.15, -0.1) is 0 Å². The SMILES string of the molecule is CCCCCCCCN(C)CCCCC. The van der Waals surface area contributed by atoms with E-state index in [0.717, 1.165) is 0 Å². The van der Waals surface area contributed by atoms with Crippen LogP contribution in [0.15, 0.2) is 0 Å². The Hall–Kier alpha value is -0.0400. The van der Waals surface area contributed by atoms with Crippen molar-refractivity contribution < 1.29 is 0 Å². The highest BCUT2D eigenvalue weighted by atomic mass is 15.1. The summed E-state index contributed by atoms with van der Waals surface area (Å²) in [6, 6.07) is 0. The van der Waals surface area contributed by atoms with Crippen LogP contribution >= 0.6 is 0 Å². The smallest absolute Gasteiger partial charge is 0.00218 e. The lowest BCUT2D eigenvalue weighted by molar-refractivity contribution is 0.316. The Labute approximate surface area is 97.2 Å². The van der Waals surface area contributed by atoms with E-state index in [4.69, 9.17) is 0 Å². The predicted molar refractivity (Wildman–Crippen MR) is 70.4 cm³/mol. The van der Waals surface area contributed by atoms with Crippen LogP contribution in [0.3, 0.4) is 0 Å². The molecule has 0 heterocycles. The monoisotopic (exact) mass is 213 g/mol. The van der Waals surface area contributed by atoms with Gasteiger partial charge in [-0.1, -0.05) is 58.8 Å². The van der Waals surface area contributed by atoms with Crippen molar-refractivity contribution in [3.63, 3.8) is 0 Å². The lowest BCUT2D eigenvalue weighted by atomic mass is 10.1. The number of unbranched alkanes of at least 4 members (excludes halogenated alkanes) is 7. The van der Waals surface area contributed by atoms with E-state index in [9.17, 15) is 0 Å². The molecule has 0 aromatic carbocycles. The topological polar surface area (TPSA) is 3.24 Å². The highest BCUT2D eigenvalue weighted by Gasteiger charge is 1.97. The van der Waals surface area contributed by atoms with Crippen molar-refractivity contribution in [2.75, 3.05) is 20.1 Å². The van der Waals surface area contributed by atoms with E-state index in [1.807, 2.05) is 0 Å². The van der Waals surface area contributed by atoms with Crippen molar-refractivity contribution >= 4 is 0 Å². The highest BCUT2D eigenvalue weighted by molar-refractivity contribution is 4.53. The third-order valence-electron chi connectivity index (χ3n) is 3.04. The van der Waals surface area contributed by atoms with Gasteiger partial charge in [0.15, 0.2) is 0 Å². The molecule has 0 aromatic heterocycles. The number of nitrogens with zero attached hydrogens (tertiary/aromatic N) is 1. The van der Waals surface area contributed by atoms with Gasteiger partial charge < -0.3 is 4.90 Å². The largest absolute Gasteiger partial charge is 0.306 e. The Balaban J connectivity index is 3.06. The van der Waals surface area contributed by atoms with Crippen LogP contribution in [0.1, 0.15) is 71.6 Å². The van der Waals surface area contributed by atoms with Crippen LogP contribution in [-0.4, -0.2) is 25.0 Å². The molecule has 0 radical (unpaired) electrons. The summed E-state index contributed by atoms with van der Waals surface area (Å²) in [5.41, 5.74) is 0. The summed E-state index contributed by atoms with van der Waals surface area (Å²) < 4.78 is 0. The van der Waals surface area contributed by atoms with E-state index in [1.54, 1.807) is 0 Å². The molecule has 92 valence electrons. The number of hydrogen-bond donors (Lipinski definition) is 0. The molecule has 0 unspecified atom stereocenters. The van der Waals surface area contributed by atoms with Crippen LogP contribution < -0.4 is 0 Å². The van der Waals surface area contributed by atoms with E-state index in [1.165, 1.54) is 70.9 Å². The van der Waals surface area contributed by atoms with Crippen LogP contribution in [-0.2, 0) is 0 Å². The van der Waals surface area contributed by atoms with Crippen molar-refractivity contribution in [3.8, 4) is 0 Å². The Morgan fingerprint density at radius 3 is 1.60 bits per heavy atom. The summed E-state index contributed by atoms with van der Waals surface area (Å²) in [6.45, 7) is 7.15. The second-order valence-corrected chi connectivity index (χ2v) is 4.78. The van der Waals surface area contributed by atoms with Crippen LogP contribution in [0.2, 0.25) is 0 Å². The number of rotatable bonds is 11. The zero-order chi connectivity index (χ0) is 11.4. The molecule has 0 atom stereocenters. The molecule has 0 aliphatic carbocycles. The fraction of sp³-hybridized carbons (Fsp3) is 1.00. The summed E-state index contributed by atoms with van der Waals surface area (Å²) in [4.78, 5) is 2.50. The number of hydrogen-bond acceptors (Lipinski definition) is 1. The molecule has 0 aromatic rings. The second-order valence-electron chi connectivity index (χ2n) is 4.78. The average molecular weight is 213 g/mol. The quantitative estimate of drug-likeness (QED) is 0.458. The van der Waals surface area contributed by atoms with E-state index >= 15 is 0 Å². The van der Waals surface area contributed by atoms with Crippen LogP contribution in [0.4, 0.5) is 0 Å². The van der Waals surface area contributed by atoms with Crippen molar-refractivity contribution in [1.29, 1.82) is 0 Å². The van der Waals surface area contributed by atoms with Crippen molar-refractivity contribution in [1.82, 2.24) is 4.90 Å². The minimum atomic E-state index is 1.29. The zero-order valence-electron chi connectivity index (χ0n) is 11.2. The molecule has 0 spiro atoms. The van der Waals surface area contributed by atoms with E-state index < -0.39 is 0 Å². The standard InChI is InChI=1S/C14H31N/c1-4-6-8-9-10-12-14-15(3)13-11-7-5-2/h4-14H2,1-3H3. The maximum atomic E-state index is 2.50. The van der Waals surface area contributed by atoms with Gasteiger partial charge >= 0.3 is 0 Å². The van der Waals surface area contributed by atoms with Gasteiger partial charge in [-0.05, 0) is 33.0 Å². The first-order chi connectivity index (χ1) is 7.31. The van der Waals surface area contributed by atoms with Gasteiger partial charge in [0.1, 0.15) is 0 Å². The summed E-state index contributed by atoms with van der Waals surface area (Å²) >= 11 is 0. The second kappa shape index (κ2) is 12.0. The average Bonchev–Trinajstić information content (AvgIpc) is 2.23. The third-order valence-corrected chi connectivity index (χ3v) is 3.04. The molecule has 1 nitrogen and oxygen atoms in total. The molecule has 0 saturated heterocycles. The van der Waals surface area contributed by atoms with E-state index in [-0.39, 0.29) is 0 Å². The molecule has 0 bridgehead atoms. The molecular formula is C14H31N. The van der Waals surface area contributed by atoms with Crippen molar-refractivity contribution in [2.45, 2.75) is 71.6 Å². The summed E-state index contributed by atoms with van der Waals surface area (Å²) in [6.07, 6.45) is 12.6. The Morgan fingerprint density at radius 1 is 0.600 bits per heavy atom. The fourth-order valence-electron chi connectivity index (χ4n) is 1.91. The van der Waals surface area contributed by atoms with Crippen LogP contribution in [0.25, 0.3) is 0 Å². The van der Waals surface area contributed by atoms with Crippen molar-refractivity contribution in [2.24, 2.45) is 0 Å². The highest BCUT2D eigenvalue weighted by Crippen LogP contribution is 2.05. The molecule has 0 saturated carbocycles. The van der Waals surface area contributed by atoms with Crippen LogP contribution in [0, 0.1) is 0 Å². The van der Waals surface area contributed by atoms with Gasteiger partial charge in [0, 0.05) is 0 Å². The summed E-state index contributed by atoms with van der Waals surface area (Å²) in [7, 11) is 2.27. The molecule has 15 heavy (non-hydrogen) atoms. The fourth-order valence-corrected chi connectivity index (χ4v) is 1.91. The molecule has 0 N–H and O–H groups in total. The van der Waals surface area contributed by atoms with E-state index in [0.29, 0.717) is 0 Å². The minimum absolute atomic E-state index is 1.29. The normalized spacial score (nSPS) is 11.2. The first-order valence-electron chi connectivity index (χ1n) is 6.99. The zero-order valence-corrected chi connectivity index (χ0v) is 11.2. The predicted octanol–water partition coefficient (Wildman–Crippen LogP) is 4.47. The molecule has 0 rings (SSSR count). The Bertz CT molecular complexity index is 112. The lowest BCUT2D eigenvalue weighted by Crippen LogP contribution is -2.20. The Kier molecular flexibility index (Phi) is 12.0. The third kappa shape index (κ3) is 11.9. The molecular weight excluding hydrogens is 182 g/mol. The molecule has 0 fully saturated rings. The van der Waals surface area contributed by atoms with Gasteiger partial charge in [-0.3, -0.25) is 0 Å².